The molecule has 0 aliphatic heterocycles. The zero-order valence-corrected chi connectivity index (χ0v) is 13.9. The Hall–Kier alpha value is -3.41. The quantitative estimate of drug-likeness (QED) is 0.497. The first-order valence-corrected chi connectivity index (χ1v) is 7.61. The van der Waals surface area contributed by atoms with E-state index in [4.69, 9.17) is 4.74 Å². The number of hydrogen-bond donors (Lipinski definition) is 2. The fourth-order valence-corrected chi connectivity index (χ4v) is 2.04. The van der Waals surface area contributed by atoms with Gasteiger partial charge >= 0.3 is 5.97 Å². The van der Waals surface area contributed by atoms with E-state index >= 15 is 0 Å². The van der Waals surface area contributed by atoms with Crippen LogP contribution in [0.2, 0.25) is 0 Å². The summed E-state index contributed by atoms with van der Waals surface area (Å²) in [4.78, 5) is 34.7. The molecule has 0 atom stereocenters. The zero-order valence-electron chi connectivity index (χ0n) is 13.9. The number of hydrogen-bond acceptors (Lipinski definition) is 4. The zero-order chi connectivity index (χ0) is 18.2. The molecule has 0 saturated carbocycles. The highest BCUT2D eigenvalue weighted by Crippen LogP contribution is 2.17. The van der Waals surface area contributed by atoms with E-state index in [1.54, 1.807) is 55.5 Å². The maximum atomic E-state index is 12.3. The van der Waals surface area contributed by atoms with E-state index in [0.29, 0.717) is 22.7 Å². The second kappa shape index (κ2) is 8.44. The molecule has 25 heavy (non-hydrogen) atoms. The number of carbonyl (C=O) groups excluding carboxylic acids is 3. The van der Waals surface area contributed by atoms with Crippen LogP contribution in [0.4, 0.5) is 11.4 Å². The molecular weight excluding hydrogens is 320 g/mol. The van der Waals surface area contributed by atoms with Crippen LogP contribution >= 0.6 is 0 Å². The Morgan fingerprint density at radius 2 is 1.60 bits per heavy atom. The first-order chi connectivity index (χ1) is 12.0. The van der Waals surface area contributed by atoms with E-state index in [-0.39, 0.29) is 11.8 Å². The summed E-state index contributed by atoms with van der Waals surface area (Å²) < 4.78 is 4.96. The molecule has 2 aromatic rings. The van der Waals surface area contributed by atoms with Crippen LogP contribution in [-0.2, 0) is 9.59 Å². The lowest BCUT2D eigenvalue weighted by atomic mass is 10.2. The highest BCUT2D eigenvalue weighted by molar-refractivity contribution is 6.05. The molecule has 128 valence electrons. The molecule has 0 fully saturated rings. The largest absolute Gasteiger partial charge is 0.427 e. The van der Waals surface area contributed by atoms with Gasteiger partial charge in [-0.25, -0.2) is 0 Å². The fraction of sp³-hybridized carbons (Fsp3) is 0.105. The van der Waals surface area contributed by atoms with Crippen molar-refractivity contribution in [3.05, 3.63) is 66.2 Å². The summed E-state index contributed by atoms with van der Waals surface area (Å²) in [7, 11) is 0. The molecule has 2 rings (SSSR count). The molecular formula is C19H18N2O4. The van der Waals surface area contributed by atoms with Crippen LogP contribution in [0.15, 0.2) is 60.7 Å². The van der Waals surface area contributed by atoms with Gasteiger partial charge in [0.15, 0.2) is 0 Å². The van der Waals surface area contributed by atoms with Gasteiger partial charge in [0.05, 0.1) is 0 Å². The minimum atomic E-state index is -0.451. The smallest absolute Gasteiger partial charge is 0.308 e. The summed E-state index contributed by atoms with van der Waals surface area (Å²) in [6.07, 6.45) is 3.07. The average molecular weight is 338 g/mol. The summed E-state index contributed by atoms with van der Waals surface area (Å²) in [5, 5.41) is 5.43. The molecule has 0 heterocycles. The molecule has 0 radical (unpaired) electrons. The third-order valence-corrected chi connectivity index (χ3v) is 3.09. The van der Waals surface area contributed by atoms with E-state index in [1.165, 1.54) is 19.1 Å². The van der Waals surface area contributed by atoms with Crippen molar-refractivity contribution >= 4 is 29.2 Å². The van der Waals surface area contributed by atoms with Gasteiger partial charge in [0.1, 0.15) is 5.75 Å². The highest BCUT2D eigenvalue weighted by atomic mass is 16.5. The molecule has 2 N–H and O–H groups in total. The van der Waals surface area contributed by atoms with Crippen molar-refractivity contribution in [1.29, 1.82) is 0 Å². The Morgan fingerprint density at radius 1 is 0.960 bits per heavy atom. The van der Waals surface area contributed by atoms with Crippen LogP contribution in [0.25, 0.3) is 0 Å². The van der Waals surface area contributed by atoms with E-state index in [0.717, 1.165) is 0 Å². The molecule has 6 heteroatoms. The van der Waals surface area contributed by atoms with E-state index < -0.39 is 5.97 Å². The summed E-state index contributed by atoms with van der Waals surface area (Å²) >= 11 is 0. The standard InChI is InChI=1S/C19H18N2O4/c1-3-5-18(23)20-15-8-10-16(11-9-15)21-19(24)14-6-4-7-17(12-14)25-13(2)22/h3-12H,1-2H3,(H,20,23)(H,21,24)/b5-3+. The number of benzene rings is 2. The predicted octanol–water partition coefficient (Wildman–Crippen LogP) is 3.38. The van der Waals surface area contributed by atoms with Gasteiger partial charge in [-0.05, 0) is 55.5 Å². The number of esters is 1. The molecule has 0 saturated heterocycles. The summed E-state index contributed by atoms with van der Waals surface area (Å²) in [6, 6.07) is 13.1. The van der Waals surface area contributed by atoms with Gasteiger partial charge in [0.25, 0.3) is 5.91 Å². The van der Waals surface area contributed by atoms with Gasteiger partial charge in [-0.15, -0.1) is 0 Å². The van der Waals surface area contributed by atoms with Crippen molar-refractivity contribution in [1.82, 2.24) is 0 Å². The van der Waals surface area contributed by atoms with Gasteiger partial charge in [0, 0.05) is 23.9 Å². The van der Waals surface area contributed by atoms with Crippen LogP contribution in [0.1, 0.15) is 24.2 Å². The molecule has 6 nitrogen and oxygen atoms in total. The Kier molecular flexibility index (Phi) is 6.06. The maximum Gasteiger partial charge on any atom is 0.308 e. The monoisotopic (exact) mass is 338 g/mol. The van der Waals surface area contributed by atoms with Gasteiger partial charge in [-0.1, -0.05) is 12.1 Å². The number of nitrogens with one attached hydrogen (secondary N) is 2. The molecule has 2 amide bonds. The summed E-state index contributed by atoms with van der Waals surface area (Å²) in [5.74, 6) is -0.698. The Labute approximate surface area is 145 Å². The van der Waals surface area contributed by atoms with Crippen LogP contribution in [0, 0.1) is 0 Å². The van der Waals surface area contributed by atoms with Crippen molar-refractivity contribution in [2.24, 2.45) is 0 Å². The summed E-state index contributed by atoms with van der Waals surface area (Å²) in [6.45, 7) is 3.05. The minimum absolute atomic E-state index is 0.221. The van der Waals surface area contributed by atoms with Gasteiger partial charge in [-0.2, -0.15) is 0 Å². The Morgan fingerprint density at radius 3 is 2.20 bits per heavy atom. The van der Waals surface area contributed by atoms with Gasteiger partial charge in [-0.3, -0.25) is 14.4 Å². The van der Waals surface area contributed by atoms with Crippen molar-refractivity contribution in [2.75, 3.05) is 10.6 Å². The Bertz CT molecular complexity index is 810. The first-order valence-electron chi connectivity index (χ1n) is 7.61. The lowest BCUT2D eigenvalue weighted by Crippen LogP contribution is -2.12. The lowest BCUT2D eigenvalue weighted by Gasteiger charge is -2.08. The minimum Gasteiger partial charge on any atom is -0.427 e. The number of anilines is 2. The third-order valence-electron chi connectivity index (χ3n) is 3.09. The summed E-state index contributed by atoms with van der Waals surface area (Å²) in [5.41, 5.74) is 1.56. The SMILES string of the molecule is C/C=C/C(=O)Nc1ccc(NC(=O)c2cccc(OC(C)=O)c2)cc1. The van der Waals surface area contributed by atoms with Crippen LogP contribution in [-0.4, -0.2) is 17.8 Å². The molecule has 0 unspecified atom stereocenters. The predicted molar refractivity (Wildman–Crippen MR) is 95.6 cm³/mol. The van der Waals surface area contributed by atoms with Crippen LogP contribution in [0.5, 0.6) is 5.75 Å². The maximum absolute atomic E-state index is 12.3. The third kappa shape index (κ3) is 5.62. The normalized spacial score (nSPS) is 10.3. The second-order valence-electron chi connectivity index (χ2n) is 5.14. The van der Waals surface area contributed by atoms with Gasteiger partial charge in [0.2, 0.25) is 5.91 Å². The highest BCUT2D eigenvalue weighted by Gasteiger charge is 2.08. The molecule has 0 spiro atoms. The molecule has 0 aromatic heterocycles. The number of rotatable bonds is 5. The van der Waals surface area contributed by atoms with Crippen molar-refractivity contribution in [2.45, 2.75) is 13.8 Å². The van der Waals surface area contributed by atoms with E-state index in [9.17, 15) is 14.4 Å². The van der Waals surface area contributed by atoms with Crippen molar-refractivity contribution in [3.63, 3.8) is 0 Å². The van der Waals surface area contributed by atoms with Crippen LogP contribution in [0.3, 0.4) is 0 Å². The Balaban J connectivity index is 2.03. The van der Waals surface area contributed by atoms with E-state index in [1.807, 2.05) is 0 Å². The molecule has 0 bridgehead atoms. The molecule has 0 aliphatic rings. The lowest BCUT2D eigenvalue weighted by molar-refractivity contribution is -0.131. The number of amides is 2. The van der Waals surface area contributed by atoms with E-state index in [2.05, 4.69) is 10.6 Å². The molecule has 2 aromatic carbocycles. The van der Waals surface area contributed by atoms with Crippen LogP contribution < -0.4 is 15.4 Å². The second-order valence-corrected chi connectivity index (χ2v) is 5.14. The number of allylic oxidation sites excluding steroid dienone is 1. The number of carbonyl (C=O) groups is 3. The number of ether oxygens (including phenoxy) is 1. The average Bonchev–Trinajstić information content (AvgIpc) is 2.56. The van der Waals surface area contributed by atoms with Gasteiger partial charge < -0.3 is 15.4 Å². The van der Waals surface area contributed by atoms with Crippen molar-refractivity contribution < 1.29 is 19.1 Å². The topological polar surface area (TPSA) is 84.5 Å². The molecule has 0 aliphatic carbocycles. The first kappa shape index (κ1) is 17.9. The van der Waals surface area contributed by atoms with Crippen molar-refractivity contribution in [3.8, 4) is 5.75 Å². The fourth-order valence-electron chi connectivity index (χ4n) is 2.04.